The van der Waals surface area contributed by atoms with Gasteiger partial charge in [-0.15, -0.1) is 0 Å². The Bertz CT molecular complexity index is 1420. The van der Waals surface area contributed by atoms with E-state index in [1.54, 1.807) is 0 Å². The quantitative estimate of drug-likeness (QED) is 0.146. The Morgan fingerprint density at radius 2 is 0.354 bits per heavy atom. The van der Waals surface area contributed by atoms with Gasteiger partial charge < -0.3 is 19.9 Å². The minimum atomic E-state index is -0.224. The number of hydrogen-bond acceptors (Lipinski definition) is 0. The maximum absolute atomic E-state index is 4.22. The lowest BCUT2D eigenvalue weighted by atomic mass is 9.77. The summed E-state index contributed by atoms with van der Waals surface area (Å²) in [7, 11) is 0. The predicted molar refractivity (Wildman–Crippen MR) is 207 cm³/mol. The summed E-state index contributed by atoms with van der Waals surface area (Å²) in [4.78, 5) is 16.9. The van der Waals surface area contributed by atoms with E-state index in [-0.39, 0.29) is 21.7 Å². The van der Waals surface area contributed by atoms with Gasteiger partial charge in [0.05, 0.1) is 0 Å². The standard InChI is InChI=1S/C44H68N4/c1-17-25-26(18-2)34-42(11,12)36-29(21-5)30(22-6)38(47-36)44(15,16)40-32(24-8)31(23-7)39(48-40)43(13,14)37-28(20-4)27(19-3)35(46-37)41(9,10)33(25)45-34/h45-48H,17-24H2,1-16H3. The third kappa shape index (κ3) is 4.89. The summed E-state index contributed by atoms with van der Waals surface area (Å²) in [5.74, 6) is 0. The first kappa shape index (κ1) is 36.4. The second-order valence-electron chi connectivity index (χ2n) is 16.7. The van der Waals surface area contributed by atoms with Crippen molar-refractivity contribution >= 4 is 0 Å². The predicted octanol–water partition coefficient (Wildman–Crippen LogP) is 11.1. The van der Waals surface area contributed by atoms with Crippen molar-refractivity contribution in [2.45, 2.75) is 184 Å². The fourth-order valence-electron chi connectivity index (χ4n) is 10.2. The lowest BCUT2D eigenvalue weighted by Crippen LogP contribution is -2.27. The first-order chi connectivity index (χ1) is 22.5. The van der Waals surface area contributed by atoms with Gasteiger partial charge in [-0.25, -0.2) is 0 Å². The van der Waals surface area contributed by atoms with Crippen LogP contribution in [-0.2, 0) is 73.0 Å². The minimum Gasteiger partial charge on any atom is -0.360 e. The van der Waals surface area contributed by atoms with E-state index in [9.17, 15) is 0 Å². The number of aromatic nitrogens is 4. The van der Waals surface area contributed by atoms with E-state index in [4.69, 9.17) is 0 Å². The van der Waals surface area contributed by atoms with Crippen LogP contribution < -0.4 is 0 Å². The highest BCUT2D eigenvalue weighted by atomic mass is 14.9. The summed E-state index contributed by atoms with van der Waals surface area (Å²) >= 11 is 0. The first-order valence-electron chi connectivity index (χ1n) is 19.5. The van der Waals surface area contributed by atoms with Gasteiger partial charge in [-0.3, -0.25) is 0 Å². The third-order valence-electron chi connectivity index (χ3n) is 12.7. The van der Waals surface area contributed by atoms with Crippen molar-refractivity contribution in [3.8, 4) is 0 Å². The molecule has 0 unspecified atom stereocenters. The fraction of sp³-hybridized carbons (Fsp3) is 0.636. The lowest BCUT2D eigenvalue weighted by Gasteiger charge is -2.30. The largest absolute Gasteiger partial charge is 0.360 e. The summed E-state index contributed by atoms with van der Waals surface area (Å²) < 4.78 is 0. The monoisotopic (exact) mass is 653 g/mol. The zero-order valence-electron chi connectivity index (χ0n) is 33.7. The highest BCUT2D eigenvalue weighted by molar-refractivity contribution is 5.58. The summed E-state index contributed by atoms with van der Waals surface area (Å²) in [5, 5.41) is 0. The van der Waals surface area contributed by atoms with Crippen molar-refractivity contribution < 1.29 is 0 Å². The Hall–Kier alpha value is -2.88. The average molecular weight is 653 g/mol. The van der Waals surface area contributed by atoms with E-state index >= 15 is 0 Å². The van der Waals surface area contributed by atoms with Gasteiger partial charge in [-0.2, -0.15) is 0 Å². The van der Waals surface area contributed by atoms with Gasteiger partial charge in [0.2, 0.25) is 0 Å². The highest BCUT2D eigenvalue weighted by Crippen LogP contribution is 2.49. The molecule has 5 heterocycles. The molecule has 1 aliphatic heterocycles. The molecule has 1 aliphatic rings. The molecule has 5 rings (SSSR count). The molecule has 4 aromatic heterocycles. The first-order valence-corrected chi connectivity index (χ1v) is 19.5. The van der Waals surface area contributed by atoms with Crippen molar-refractivity contribution in [3.63, 3.8) is 0 Å². The summed E-state index contributed by atoms with van der Waals surface area (Å²) in [6, 6.07) is 0. The molecular weight excluding hydrogens is 585 g/mol. The average Bonchev–Trinajstić information content (AvgIpc) is 3.83. The molecule has 0 aliphatic carbocycles. The molecule has 0 amide bonds. The second-order valence-corrected chi connectivity index (χ2v) is 16.7. The van der Waals surface area contributed by atoms with Gasteiger partial charge in [-0.05, 0) is 151 Å². The van der Waals surface area contributed by atoms with Crippen LogP contribution in [0.2, 0.25) is 0 Å². The summed E-state index contributed by atoms with van der Waals surface area (Å²) in [6.07, 6.45) is 8.14. The maximum atomic E-state index is 4.22. The molecule has 0 atom stereocenters. The number of H-pyrrole nitrogens is 4. The van der Waals surface area contributed by atoms with E-state index in [1.807, 2.05) is 0 Å². The van der Waals surface area contributed by atoms with Crippen molar-refractivity contribution in [1.82, 2.24) is 19.9 Å². The van der Waals surface area contributed by atoms with Crippen LogP contribution in [0, 0.1) is 0 Å². The van der Waals surface area contributed by atoms with E-state index in [0.717, 1.165) is 51.4 Å². The molecule has 0 spiro atoms. The van der Waals surface area contributed by atoms with Gasteiger partial charge in [0, 0.05) is 67.2 Å². The summed E-state index contributed by atoms with van der Waals surface area (Å²) in [5.41, 5.74) is 22.2. The van der Waals surface area contributed by atoms with E-state index in [0.29, 0.717) is 0 Å². The number of aromatic amines is 4. The number of hydrogen-bond donors (Lipinski definition) is 4. The second kappa shape index (κ2) is 12.5. The van der Waals surface area contributed by atoms with Gasteiger partial charge in [0.25, 0.3) is 0 Å². The molecule has 0 saturated carbocycles. The fourth-order valence-corrected chi connectivity index (χ4v) is 10.2. The van der Waals surface area contributed by atoms with Crippen LogP contribution >= 0.6 is 0 Å². The van der Waals surface area contributed by atoms with E-state index < -0.39 is 0 Å². The van der Waals surface area contributed by atoms with Crippen molar-refractivity contribution in [2.75, 3.05) is 0 Å². The molecular formula is C44H68N4. The Labute approximate surface area is 293 Å². The Morgan fingerprint density at radius 1 is 0.250 bits per heavy atom. The molecule has 0 aromatic carbocycles. The van der Waals surface area contributed by atoms with Crippen LogP contribution in [0.3, 0.4) is 0 Å². The van der Waals surface area contributed by atoms with Crippen molar-refractivity contribution in [2.24, 2.45) is 0 Å². The van der Waals surface area contributed by atoms with Crippen LogP contribution in [0.1, 0.15) is 201 Å². The molecule has 4 aromatic rings. The Morgan fingerprint density at radius 3 is 0.438 bits per heavy atom. The van der Waals surface area contributed by atoms with Crippen LogP contribution in [0.15, 0.2) is 0 Å². The minimum absolute atomic E-state index is 0.224. The van der Waals surface area contributed by atoms with Crippen LogP contribution in [0.5, 0.6) is 0 Å². The van der Waals surface area contributed by atoms with Gasteiger partial charge in [0.15, 0.2) is 0 Å². The van der Waals surface area contributed by atoms with Gasteiger partial charge in [-0.1, -0.05) is 55.4 Å². The smallest absolute Gasteiger partial charge is 0.0453 e. The molecule has 264 valence electrons. The van der Waals surface area contributed by atoms with E-state index in [2.05, 4.69) is 131 Å². The number of rotatable bonds is 8. The number of fused-ring (bicyclic) bond motifs is 8. The van der Waals surface area contributed by atoms with Crippen molar-refractivity contribution in [3.05, 3.63) is 90.1 Å². The summed E-state index contributed by atoms with van der Waals surface area (Å²) in [6.45, 7) is 38.5. The Balaban J connectivity index is 2.05. The van der Waals surface area contributed by atoms with E-state index in [1.165, 1.54) is 90.1 Å². The molecule has 4 nitrogen and oxygen atoms in total. The van der Waals surface area contributed by atoms with Crippen molar-refractivity contribution in [1.29, 1.82) is 0 Å². The third-order valence-corrected chi connectivity index (χ3v) is 12.7. The lowest BCUT2D eigenvalue weighted by molar-refractivity contribution is 0.538. The molecule has 4 heteroatoms. The maximum Gasteiger partial charge on any atom is 0.0453 e. The van der Waals surface area contributed by atoms with Crippen LogP contribution in [0.25, 0.3) is 0 Å². The molecule has 8 bridgehead atoms. The van der Waals surface area contributed by atoms with Gasteiger partial charge in [0.1, 0.15) is 0 Å². The van der Waals surface area contributed by atoms with Crippen LogP contribution in [0.4, 0.5) is 0 Å². The molecule has 4 N–H and O–H groups in total. The zero-order valence-corrected chi connectivity index (χ0v) is 33.7. The normalized spacial score (nSPS) is 17.7. The Kier molecular flexibility index (Phi) is 9.45. The molecule has 0 radical (unpaired) electrons. The molecule has 0 fully saturated rings. The van der Waals surface area contributed by atoms with Crippen LogP contribution in [-0.4, -0.2) is 19.9 Å². The number of nitrogens with one attached hydrogen (secondary N) is 4. The zero-order chi connectivity index (χ0) is 35.7. The van der Waals surface area contributed by atoms with Gasteiger partial charge >= 0.3 is 0 Å². The SMILES string of the molecule is CCc1c2[nH]c(c1CC)C(C)(C)c1[nH]c(c(CC)c1CC)C(C)(C)c1[nH]c(c(CC)c1CC)C(C)(C)c1[nH]c(c(CC)c1CC)C2(C)C. The molecule has 48 heavy (non-hydrogen) atoms. The topological polar surface area (TPSA) is 63.2 Å². The molecule has 0 saturated heterocycles. The highest BCUT2D eigenvalue weighted by Gasteiger charge is 2.44.